The Kier molecular flexibility index (Phi) is 5.58. The van der Waals surface area contributed by atoms with E-state index >= 15 is 0 Å². The van der Waals surface area contributed by atoms with Crippen molar-refractivity contribution >= 4 is 5.97 Å². The highest BCUT2D eigenvalue weighted by atomic mass is 16.4. The topological polar surface area (TPSA) is 37.3 Å². The molecule has 0 saturated heterocycles. The molecule has 0 spiro atoms. The van der Waals surface area contributed by atoms with Crippen LogP contribution >= 0.6 is 0 Å². The molecule has 0 aromatic rings. The van der Waals surface area contributed by atoms with Crippen LogP contribution in [0.1, 0.15) is 58.8 Å². The van der Waals surface area contributed by atoms with Gasteiger partial charge in [-0.2, -0.15) is 0 Å². The van der Waals surface area contributed by atoms with Crippen molar-refractivity contribution in [2.24, 2.45) is 11.8 Å². The van der Waals surface area contributed by atoms with Crippen molar-refractivity contribution in [3.8, 4) is 0 Å². The van der Waals surface area contributed by atoms with Crippen LogP contribution in [0.4, 0.5) is 0 Å². The predicted octanol–water partition coefficient (Wildman–Crippen LogP) is 4.01. The largest absolute Gasteiger partial charge is 0.478 e. The summed E-state index contributed by atoms with van der Waals surface area (Å²) < 4.78 is 0. The maximum atomic E-state index is 11.1. The summed E-state index contributed by atoms with van der Waals surface area (Å²) in [6.07, 6.45) is 9.78. The SMILES string of the molecule is CC(C)CCCC(=CC1CCCC1)C(=O)O. The van der Waals surface area contributed by atoms with E-state index < -0.39 is 5.97 Å². The zero-order valence-electron chi connectivity index (χ0n) is 10.5. The zero-order chi connectivity index (χ0) is 12.0. The first-order chi connectivity index (χ1) is 7.59. The van der Waals surface area contributed by atoms with Crippen LogP contribution in [0.2, 0.25) is 0 Å². The Morgan fingerprint density at radius 2 is 2.00 bits per heavy atom. The van der Waals surface area contributed by atoms with Crippen LogP contribution in [0.5, 0.6) is 0 Å². The number of carbonyl (C=O) groups is 1. The molecule has 2 heteroatoms. The van der Waals surface area contributed by atoms with E-state index in [0.717, 1.165) is 19.3 Å². The molecule has 16 heavy (non-hydrogen) atoms. The molecule has 1 aliphatic rings. The second kappa shape index (κ2) is 6.72. The van der Waals surface area contributed by atoms with Gasteiger partial charge in [0.05, 0.1) is 0 Å². The molecule has 2 nitrogen and oxygen atoms in total. The molecule has 0 aromatic heterocycles. The molecule has 0 atom stereocenters. The van der Waals surface area contributed by atoms with Crippen LogP contribution in [0.15, 0.2) is 11.6 Å². The number of hydrogen-bond acceptors (Lipinski definition) is 1. The highest BCUT2D eigenvalue weighted by Gasteiger charge is 2.16. The molecule has 0 amide bonds. The van der Waals surface area contributed by atoms with Crippen LogP contribution in [0.3, 0.4) is 0 Å². The second-order valence-electron chi connectivity index (χ2n) is 5.33. The summed E-state index contributed by atoms with van der Waals surface area (Å²) in [6, 6.07) is 0. The Bertz CT molecular complexity index is 247. The summed E-state index contributed by atoms with van der Waals surface area (Å²) in [6.45, 7) is 4.36. The Morgan fingerprint density at radius 3 is 2.50 bits per heavy atom. The average Bonchev–Trinajstić information content (AvgIpc) is 2.68. The summed E-state index contributed by atoms with van der Waals surface area (Å²) in [5.41, 5.74) is 0.646. The van der Waals surface area contributed by atoms with Crippen LogP contribution in [-0.2, 0) is 4.79 Å². The number of allylic oxidation sites excluding steroid dienone is 1. The van der Waals surface area contributed by atoms with Gasteiger partial charge in [0.25, 0.3) is 0 Å². The summed E-state index contributed by atoms with van der Waals surface area (Å²) in [5, 5.41) is 9.13. The minimum absolute atomic E-state index is 0.533. The second-order valence-corrected chi connectivity index (χ2v) is 5.33. The van der Waals surface area contributed by atoms with Crippen molar-refractivity contribution in [1.82, 2.24) is 0 Å². The predicted molar refractivity (Wildman–Crippen MR) is 66.4 cm³/mol. The molecule has 1 rings (SSSR count). The molecule has 1 saturated carbocycles. The van der Waals surface area contributed by atoms with Crippen molar-refractivity contribution < 1.29 is 9.90 Å². The van der Waals surface area contributed by atoms with Crippen molar-refractivity contribution in [1.29, 1.82) is 0 Å². The van der Waals surface area contributed by atoms with Gasteiger partial charge in [-0.25, -0.2) is 4.79 Å². The van der Waals surface area contributed by atoms with E-state index in [1.165, 1.54) is 25.7 Å². The quantitative estimate of drug-likeness (QED) is 0.692. The minimum atomic E-state index is -0.712. The number of aliphatic carboxylic acids is 1. The third-order valence-corrected chi connectivity index (χ3v) is 3.34. The molecule has 1 fully saturated rings. The third-order valence-electron chi connectivity index (χ3n) is 3.34. The lowest BCUT2D eigenvalue weighted by Crippen LogP contribution is -2.04. The lowest BCUT2D eigenvalue weighted by atomic mass is 9.98. The van der Waals surface area contributed by atoms with Gasteiger partial charge in [-0.15, -0.1) is 0 Å². The van der Waals surface area contributed by atoms with Crippen LogP contribution in [0.25, 0.3) is 0 Å². The highest BCUT2D eigenvalue weighted by Crippen LogP contribution is 2.27. The minimum Gasteiger partial charge on any atom is -0.478 e. The van der Waals surface area contributed by atoms with Crippen molar-refractivity contribution in [2.75, 3.05) is 0 Å². The van der Waals surface area contributed by atoms with E-state index in [1.807, 2.05) is 6.08 Å². The van der Waals surface area contributed by atoms with E-state index in [2.05, 4.69) is 13.8 Å². The summed E-state index contributed by atoms with van der Waals surface area (Å²) in [4.78, 5) is 11.1. The molecule has 0 radical (unpaired) electrons. The van der Waals surface area contributed by atoms with E-state index in [0.29, 0.717) is 17.4 Å². The lowest BCUT2D eigenvalue weighted by molar-refractivity contribution is -0.132. The fourth-order valence-corrected chi connectivity index (χ4v) is 2.37. The van der Waals surface area contributed by atoms with Gasteiger partial charge in [0.1, 0.15) is 0 Å². The monoisotopic (exact) mass is 224 g/mol. The van der Waals surface area contributed by atoms with E-state index in [1.54, 1.807) is 0 Å². The average molecular weight is 224 g/mol. The van der Waals surface area contributed by atoms with Gasteiger partial charge in [-0.3, -0.25) is 0 Å². The first-order valence-corrected chi connectivity index (χ1v) is 6.53. The molecule has 1 aliphatic carbocycles. The molecule has 0 aromatic carbocycles. The Balaban J connectivity index is 2.43. The van der Waals surface area contributed by atoms with Crippen molar-refractivity contribution in [3.05, 3.63) is 11.6 Å². The fourth-order valence-electron chi connectivity index (χ4n) is 2.37. The lowest BCUT2D eigenvalue weighted by Gasteiger charge is -2.08. The molecule has 92 valence electrons. The van der Waals surface area contributed by atoms with Gasteiger partial charge in [0.2, 0.25) is 0 Å². The first-order valence-electron chi connectivity index (χ1n) is 6.53. The van der Waals surface area contributed by atoms with E-state index in [4.69, 9.17) is 5.11 Å². The Labute approximate surface area is 98.7 Å². The first kappa shape index (κ1) is 13.3. The van der Waals surface area contributed by atoms with Gasteiger partial charge >= 0.3 is 5.97 Å². The van der Waals surface area contributed by atoms with Crippen LogP contribution in [0, 0.1) is 11.8 Å². The van der Waals surface area contributed by atoms with Crippen LogP contribution in [-0.4, -0.2) is 11.1 Å². The maximum Gasteiger partial charge on any atom is 0.331 e. The third kappa shape index (κ3) is 4.82. The molecule has 1 N–H and O–H groups in total. The van der Waals surface area contributed by atoms with Gasteiger partial charge < -0.3 is 5.11 Å². The van der Waals surface area contributed by atoms with Crippen molar-refractivity contribution in [3.63, 3.8) is 0 Å². The number of carboxylic acids is 1. The van der Waals surface area contributed by atoms with E-state index in [9.17, 15) is 4.79 Å². The highest BCUT2D eigenvalue weighted by molar-refractivity contribution is 5.86. The smallest absolute Gasteiger partial charge is 0.331 e. The molecular formula is C14H24O2. The van der Waals surface area contributed by atoms with Gasteiger partial charge in [-0.05, 0) is 37.5 Å². The molecule has 0 bridgehead atoms. The summed E-state index contributed by atoms with van der Waals surface area (Å²) in [7, 11) is 0. The summed E-state index contributed by atoms with van der Waals surface area (Å²) in [5.74, 6) is 0.488. The van der Waals surface area contributed by atoms with E-state index in [-0.39, 0.29) is 0 Å². The zero-order valence-corrected chi connectivity index (χ0v) is 10.5. The summed E-state index contributed by atoms with van der Waals surface area (Å²) >= 11 is 0. The van der Waals surface area contributed by atoms with Gasteiger partial charge in [-0.1, -0.05) is 39.2 Å². The standard InChI is InChI=1S/C14H24O2/c1-11(2)6-5-9-13(14(15)16)10-12-7-3-4-8-12/h10-12H,3-9H2,1-2H3,(H,15,16). The molecule has 0 heterocycles. The Morgan fingerprint density at radius 1 is 1.38 bits per heavy atom. The van der Waals surface area contributed by atoms with Crippen LogP contribution < -0.4 is 0 Å². The molecule has 0 unspecified atom stereocenters. The number of hydrogen-bond donors (Lipinski definition) is 1. The molecular weight excluding hydrogens is 200 g/mol. The molecule has 0 aliphatic heterocycles. The Hall–Kier alpha value is -0.790. The van der Waals surface area contributed by atoms with Gasteiger partial charge in [0, 0.05) is 5.57 Å². The number of rotatable bonds is 6. The van der Waals surface area contributed by atoms with Gasteiger partial charge in [0.15, 0.2) is 0 Å². The number of carboxylic acid groups (broad SMARTS) is 1. The van der Waals surface area contributed by atoms with Crippen molar-refractivity contribution in [2.45, 2.75) is 58.8 Å². The fraction of sp³-hybridized carbons (Fsp3) is 0.786. The maximum absolute atomic E-state index is 11.1. The normalized spacial score (nSPS) is 18.3.